The van der Waals surface area contributed by atoms with Crippen LogP contribution < -0.4 is 21.7 Å². The van der Waals surface area contributed by atoms with E-state index in [0.717, 1.165) is 37.7 Å². The van der Waals surface area contributed by atoms with E-state index < -0.39 is 48.1 Å². The summed E-state index contributed by atoms with van der Waals surface area (Å²) < 4.78 is 63.5. The van der Waals surface area contributed by atoms with Gasteiger partial charge in [-0.3, -0.25) is 19.2 Å². The molecule has 2 aromatic rings. The molecule has 0 bridgehead atoms. The van der Waals surface area contributed by atoms with Gasteiger partial charge < -0.3 is 41.9 Å². The van der Waals surface area contributed by atoms with Crippen molar-refractivity contribution in [1.29, 1.82) is 0 Å². The molecule has 0 saturated heterocycles. The molecule has 288 valence electrons. The number of halogens is 6. The molecule has 0 spiro atoms. The van der Waals surface area contributed by atoms with Crippen molar-refractivity contribution in [3.63, 3.8) is 0 Å². The molecule has 0 fully saturated rings. The number of nitrogens with zero attached hydrogens (tertiary/aromatic N) is 2. The number of aryl methyl sites for hydroxylation is 1. The van der Waals surface area contributed by atoms with Crippen LogP contribution in [0.4, 0.5) is 37.7 Å². The van der Waals surface area contributed by atoms with Crippen LogP contribution in [-0.4, -0.2) is 94.9 Å². The normalized spacial score (nSPS) is 14.2. The maximum Gasteiger partial charge on any atom is 0.490 e. The highest BCUT2D eigenvalue weighted by molar-refractivity contribution is 6.11. The fourth-order valence-corrected chi connectivity index (χ4v) is 4.68. The lowest BCUT2D eigenvalue weighted by molar-refractivity contribution is -0.193. The fraction of sp³-hybridized carbons (Fsp3) is 0.438. The molecule has 0 saturated carbocycles. The SMILES string of the molecule is CN1C(=O)C(c2ccccc2NC(=O)CCN)N(CCC(=O)O)C(=O)c2cc(CCCCCCN)ccc21.O=C(O)C(F)(F)F.O=C(O)C(F)(F)F. The topological polar surface area (TPSA) is 234 Å². The second kappa shape index (κ2) is 20.6. The number of alkyl halides is 6. The van der Waals surface area contributed by atoms with E-state index in [0.29, 0.717) is 29.0 Å². The minimum atomic E-state index is -5.08. The van der Waals surface area contributed by atoms with Crippen molar-refractivity contribution in [2.24, 2.45) is 11.5 Å². The number of para-hydroxylation sites is 1. The summed E-state index contributed by atoms with van der Waals surface area (Å²) in [5.74, 6) is -7.76. The highest BCUT2D eigenvalue weighted by Gasteiger charge is 2.41. The van der Waals surface area contributed by atoms with Crippen LogP contribution in [0.3, 0.4) is 0 Å². The Morgan fingerprint density at radius 1 is 0.808 bits per heavy atom. The Morgan fingerprint density at radius 2 is 1.37 bits per heavy atom. The van der Waals surface area contributed by atoms with Crippen molar-refractivity contribution in [3.8, 4) is 0 Å². The van der Waals surface area contributed by atoms with Crippen molar-refractivity contribution in [1.82, 2.24) is 4.90 Å². The molecule has 1 unspecified atom stereocenters. The molecule has 20 heteroatoms. The average molecular weight is 752 g/mol. The minimum Gasteiger partial charge on any atom is -0.481 e. The maximum absolute atomic E-state index is 14.0. The van der Waals surface area contributed by atoms with Gasteiger partial charge in [-0.05, 0) is 49.6 Å². The number of amides is 3. The Balaban J connectivity index is 0.000000812. The number of anilines is 2. The summed E-state index contributed by atoms with van der Waals surface area (Å²) in [5.41, 5.74) is 13.6. The molecule has 0 aromatic heterocycles. The van der Waals surface area contributed by atoms with E-state index in [4.69, 9.17) is 31.3 Å². The number of rotatable bonds is 13. The first-order valence-corrected chi connectivity index (χ1v) is 15.5. The molecule has 1 atom stereocenters. The summed E-state index contributed by atoms with van der Waals surface area (Å²) in [7, 11) is 1.60. The molecule has 1 aliphatic rings. The van der Waals surface area contributed by atoms with Gasteiger partial charge in [0.25, 0.3) is 11.8 Å². The summed E-state index contributed by atoms with van der Waals surface area (Å²) in [5, 5.41) is 26.4. The van der Waals surface area contributed by atoms with Crippen LogP contribution in [-0.2, 0) is 30.4 Å². The number of nitrogens with one attached hydrogen (secondary N) is 1. The molecule has 1 heterocycles. The predicted molar refractivity (Wildman–Crippen MR) is 173 cm³/mol. The van der Waals surface area contributed by atoms with Gasteiger partial charge in [0.2, 0.25) is 5.91 Å². The molecule has 2 aromatic carbocycles. The summed E-state index contributed by atoms with van der Waals surface area (Å²) >= 11 is 0. The number of carbonyl (C=O) groups is 6. The van der Waals surface area contributed by atoms with Gasteiger partial charge in [-0.25, -0.2) is 9.59 Å². The Bertz CT molecular complexity index is 1550. The summed E-state index contributed by atoms with van der Waals surface area (Å²) in [6.07, 6.45) is -5.64. The van der Waals surface area contributed by atoms with E-state index in [1.165, 1.54) is 9.80 Å². The van der Waals surface area contributed by atoms with E-state index in [1.807, 2.05) is 6.07 Å². The molecular weight excluding hydrogens is 712 g/mol. The highest BCUT2D eigenvalue weighted by Crippen LogP contribution is 2.37. The lowest BCUT2D eigenvalue weighted by Gasteiger charge is -2.31. The zero-order chi connectivity index (χ0) is 39.8. The predicted octanol–water partition coefficient (Wildman–Crippen LogP) is 3.94. The number of likely N-dealkylation sites (N-methyl/N-ethyl adjacent to an activating group) is 1. The zero-order valence-corrected chi connectivity index (χ0v) is 27.8. The van der Waals surface area contributed by atoms with Gasteiger partial charge in [-0.1, -0.05) is 37.1 Å². The highest BCUT2D eigenvalue weighted by atomic mass is 19.4. The summed E-state index contributed by atoms with van der Waals surface area (Å²) in [4.78, 5) is 72.2. The van der Waals surface area contributed by atoms with Crippen LogP contribution in [0, 0.1) is 0 Å². The number of nitrogens with two attached hydrogens (primary N) is 2. The van der Waals surface area contributed by atoms with Crippen LogP contribution in [0.5, 0.6) is 0 Å². The number of hydrogen-bond acceptors (Lipinski definition) is 8. The second-order valence-electron chi connectivity index (χ2n) is 11.0. The molecule has 3 amide bonds. The van der Waals surface area contributed by atoms with Crippen molar-refractivity contribution < 1.29 is 70.4 Å². The van der Waals surface area contributed by atoms with E-state index in [-0.39, 0.29) is 31.8 Å². The number of aliphatic carboxylic acids is 3. The monoisotopic (exact) mass is 751 g/mol. The minimum absolute atomic E-state index is 0.0922. The van der Waals surface area contributed by atoms with Gasteiger partial charge in [0.1, 0.15) is 6.04 Å². The Morgan fingerprint density at radius 3 is 1.88 bits per heavy atom. The van der Waals surface area contributed by atoms with Gasteiger partial charge in [0, 0.05) is 37.8 Å². The Labute approximate surface area is 293 Å². The third kappa shape index (κ3) is 14.2. The van der Waals surface area contributed by atoms with Crippen LogP contribution in [0.1, 0.15) is 66.1 Å². The molecule has 8 N–H and O–H groups in total. The fourth-order valence-electron chi connectivity index (χ4n) is 4.68. The van der Waals surface area contributed by atoms with Crippen molar-refractivity contribution >= 4 is 47.0 Å². The van der Waals surface area contributed by atoms with E-state index in [9.17, 15) is 50.6 Å². The third-order valence-corrected chi connectivity index (χ3v) is 7.16. The average Bonchev–Trinajstić information content (AvgIpc) is 3.12. The number of carbonyl (C=O) groups excluding carboxylic acids is 3. The number of hydrogen-bond donors (Lipinski definition) is 6. The van der Waals surface area contributed by atoms with Gasteiger partial charge in [-0.15, -0.1) is 0 Å². The van der Waals surface area contributed by atoms with Gasteiger partial charge >= 0.3 is 30.3 Å². The lowest BCUT2D eigenvalue weighted by atomic mass is 10.0. The number of unbranched alkanes of at least 4 members (excludes halogenated alkanes) is 3. The van der Waals surface area contributed by atoms with Gasteiger partial charge in [0.15, 0.2) is 0 Å². The van der Waals surface area contributed by atoms with Gasteiger partial charge in [0.05, 0.1) is 17.7 Å². The molecule has 0 radical (unpaired) electrons. The smallest absolute Gasteiger partial charge is 0.481 e. The first kappa shape index (κ1) is 44.8. The molecule has 0 aliphatic carbocycles. The second-order valence-corrected chi connectivity index (χ2v) is 11.0. The van der Waals surface area contributed by atoms with E-state index in [2.05, 4.69) is 5.32 Å². The molecule has 52 heavy (non-hydrogen) atoms. The Hall–Kier alpha value is -5.24. The largest absolute Gasteiger partial charge is 0.490 e. The van der Waals surface area contributed by atoms with Gasteiger partial charge in [-0.2, -0.15) is 26.3 Å². The van der Waals surface area contributed by atoms with Crippen molar-refractivity contribution in [3.05, 3.63) is 59.2 Å². The van der Waals surface area contributed by atoms with E-state index >= 15 is 0 Å². The molecular formula is C32H39F6N5O9. The standard InChI is InChI=1S/C28H37N5O5.2C2HF3O2/c1-32-23-12-11-19(8-4-2-3-7-15-29)18-21(23)27(37)33(17-14-25(35)36)26(28(32)38)20-9-5-6-10-22(20)31-24(34)13-16-30;2*3-2(4,5)1(6)7/h5-6,9-12,18,26H,2-4,7-8,13-17,29-30H2,1H3,(H,31,34)(H,35,36);2*(H,6,7). The van der Waals surface area contributed by atoms with Crippen molar-refractivity contribution in [2.45, 2.75) is 63.3 Å². The number of benzene rings is 2. The first-order chi connectivity index (χ1) is 24.2. The molecule has 14 nitrogen and oxygen atoms in total. The first-order valence-electron chi connectivity index (χ1n) is 15.5. The number of fused-ring (bicyclic) bond motifs is 1. The van der Waals surface area contributed by atoms with Crippen LogP contribution in [0.2, 0.25) is 0 Å². The Kier molecular flexibility index (Phi) is 17.7. The number of carboxylic acids is 3. The third-order valence-electron chi connectivity index (χ3n) is 7.16. The molecule has 3 rings (SSSR count). The van der Waals surface area contributed by atoms with E-state index in [1.54, 1.807) is 43.4 Å². The van der Waals surface area contributed by atoms with Crippen LogP contribution >= 0.6 is 0 Å². The zero-order valence-electron chi connectivity index (χ0n) is 27.8. The van der Waals surface area contributed by atoms with Crippen LogP contribution in [0.25, 0.3) is 0 Å². The van der Waals surface area contributed by atoms with Crippen LogP contribution in [0.15, 0.2) is 42.5 Å². The quantitative estimate of drug-likeness (QED) is 0.127. The summed E-state index contributed by atoms with van der Waals surface area (Å²) in [6, 6.07) is 11.1. The lowest BCUT2D eigenvalue weighted by Crippen LogP contribution is -2.42. The summed E-state index contributed by atoms with van der Waals surface area (Å²) in [6.45, 7) is 0.653. The number of carboxylic acid groups (broad SMARTS) is 3. The van der Waals surface area contributed by atoms with Crippen molar-refractivity contribution in [2.75, 3.05) is 36.9 Å². The maximum atomic E-state index is 14.0. The molecule has 1 aliphatic heterocycles.